The zero-order valence-corrected chi connectivity index (χ0v) is 19.1. The summed E-state index contributed by atoms with van der Waals surface area (Å²) in [7, 11) is -2.07. The first-order chi connectivity index (χ1) is 15.9. The van der Waals surface area contributed by atoms with Gasteiger partial charge in [-0.2, -0.15) is 9.40 Å². The van der Waals surface area contributed by atoms with Crippen molar-refractivity contribution in [3.8, 4) is 0 Å². The molecule has 33 heavy (non-hydrogen) atoms. The minimum absolute atomic E-state index is 0.140. The molecular weight excluding hydrogens is 442 g/mol. The number of aromatic nitrogens is 5. The summed E-state index contributed by atoms with van der Waals surface area (Å²) in [5, 5.41) is 7.95. The second-order valence-electron chi connectivity index (χ2n) is 7.98. The van der Waals surface area contributed by atoms with Crippen LogP contribution in [-0.4, -0.2) is 49.5 Å². The molecule has 4 heterocycles. The molecule has 0 atom stereocenters. The lowest BCUT2D eigenvalue weighted by molar-refractivity contribution is 0.0942. The zero-order valence-electron chi connectivity index (χ0n) is 18.3. The lowest BCUT2D eigenvalue weighted by Gasteiger charge is -2.26. The number of hydrogen-bond donors (Lipinski definition) is 1. The summed E-state index contributed by atoms with van der Waals surface area (Å²) in [5.41, 5.74) is 3.31. The molecule has 0 radical (unpaired) electrons. The summed E-state index contributed by atoms with van der Waals surface area (Å²) >= 11 is 0. The van der Waals surface area contributed by atoms with Gasteiger partial charge in [-0.15, -0.1) is 0 Å². The number of carbonyl (C=O) groups excluding carboxylic acids is 1. The van der Waals surface area contributed by atoms with E-state index in [0.717, 1.165) is 22.2 Å². The van der Waals surface area contributed by atoms with Gasteiger partial charge in [0.15, 0.2) is 0 Å². The molecule has 0 saturated carbocycles. The van der Waals surface area contributed by atoms with Gasteiger partial charge >= 0.3 is 0 Å². The van der Waals surface area contributed by atoms with E-state index >= 15 is 0 Å². The second-order valence-corrected chi connectivity index (χ2v) is 9.88. The normalized spacial score (nSPS) is 14.4. The first kappa shape index (κ1) is 21.3. The van der Waals surface area contributed by atoms with Crippen LogP contribution in [0.1, 0.15) is 27.4 Å². The second kappa shape index (κ2) is 8.09. The topological polar surface area (TPSA) is 115 Å². The minimum Gasteiger partial charge on any atom is -0.347 e. The number of nitrogens with one attached hydrogen (secondary N) is 1. The van der Waals surface area contributed by atoms with Gasteiger partial charge in [0.2, 0.25) is 10.0 Å². The summed E-state index contributed by atoms with van der Waals surface area (Å²) in [6, 6.07) is 8.93. The van der Waals surface area contributed by atoms with E-state index in [2.05, 4.69) is 20.4 Å². The van der Waals surface area contributed by atoms with Crippen molar-refractivity contribution in [2.45, 2.75) is 31.5 Å². The minimum atomic E-state index is -3.77. The monoisotopic (exact) mass is 465 g/mol. The third-order valence-electron chi connectivity index (χ3n) is 6.12. The number of hydrogen-bond acceptors (Lipinski definition) is 6. The average molecular weight is 466 g/mol. The maximum Gasteiger partial charge on any atom is 0.268 e. The van der Waals surface area contributed by atoms with E-state index in [9.17, 15) is 13.2 Å². The van der Waals surface area contributed by atoms with E-state index in [-0.39, 0.29) is 29.6 Å². The highest BCUT2D eigenvalue weighted by atomic mass is 32.2. The molecule has 1 aliphatic rings. The Morgan fingerprint density at radius 2 is 2.06 bits per heavy atom. The van der Waals surface area contributed by atoms with Crippen LogP contribution in [0.15, 0.2) is 53.9 Å². The molecule has 4 aromatic rings. The van der Waals surface area contributed by atoms with Gasteiger partial charge in [-0.05, 0) is 30.7 Å². The maximum atomic E-state index is 13.4. The van der Waals surface area contributed by atoms with Crippen LogP contribution in [0.2, 0.25) is 0 Å². The maximum absolute atomic E-state index is 13.4. The third-order valence-corrected chi connectivity index (χ3v) is 8.08. The molecule has 5 rings (SSSR count). The van der Waals surface area contributed by atoms with Crippen LogP contribution < -0.4 is 5.32 Å². The number of benzene rings is 1. The summed E-state index contributed by atoms with van der Waals surface area (Å²) in [6.07, 6.45) is 4.87. The molecule has 170 valence electrons. The van der Waals surface area contributed by atoms with Crippen molar-refractivity contribution < 1.29 is 13.2 Å². The van der Waals surface area contributed by atoms with E-state index in [1.165, 1.54) is 16.7 Å². The van der Waals surface area contributed by atoms with Crippen LogP contribution in [0.25, 0.3) is 10.9 Å². The Bertz CT molecular complexity index is 1470. The van der Waals surface area contributed by atoms with Crippen molar-refractivity contribution in [2.24, 2.45) is 7.05 Å². The standard InChI is InChI=1S/C22H23N7O3S/c1-15-21(33(31,32)28-8-9-29-17(13-28)6-7-26-29)10-20(27(15)2)22(30)24-11-16-4-3-5-19-18(16)12-23-14-25-19/h3-7,10,12,14H,8-9,11,13H2,1-2H3,(H,24,30). The van der Waals surface area contributed by atoms with Gasteiger partial charge in [-0.1, -0.05) is 12.1 Å². The Morgan fingerprint density at radius 3 is 2.91 bits per heavy atom. The summed E-state index contributed by atoms with van der Waals surface area (Å²) in [5.74, 6) is -0.354. The van der Waals surface area contributed by atoms with Crippen molar-refractivity contribution in [1.82, 2.24) is 33.9 Å². The summed E-state index contributed by atoms with van der Waals surface area (Å²) in [6.45, 7) is 3.05. The number of rotatable bonds is 5. The van der Waals surface area contributed by atoms with Gasteiger partial charge in [0, 0.05) is 43.6 Å². The molecule has 0 bridgehead atoms. The van der Waals surface area contributed by atoms with Gasteiger partial charge in [0.1, 0.15) is 16.9 Å². The van der Waals surface area contributed by atoms with Crippen LogP contribution in [0, 0.1) is 6.92 Å². The number of sulfonamides is 1. The fourth-order valence-corrected chi connectivity index (χ4v) is 5.81. The van der Waals surface area contributed by atoms with Crippen molar-refractivity contribution in [2.75, 3.05) is 6.54 Å². The highest BCUT2D eigenvalue weighted by Gasteiger charge is 2.32. The first-order valence-corrected chi connectivity index (χ1v) is 11.9. The molecule has 0 fully saturated rings. The average Bonchev–Trinajstić information content (AvgIpc) is 3.41. The van der Waals surface area contributed by atoms with E-state index in [0.29, 0.717) is 18.8 Å². The van der Waals surface area contributed by atoms with Gasteiger partial charge < -0.3 is 9.88 Å². The smallest absolute Gasteiger partial charge is 0.268 e. The molecule has 0 spiro atoms. The first-order valence-electron chi connectivity index (χ1n) is 10.5. The molecule has 11 heteroatoms. The zero-order chi connectivity index (χ0) is 23.2. The fourth-order valence-electron chi connectivity index (χ4n) is 4.14. The van der Waals surface area contributed by atoms with Gasteiger partial charge in [-0.3, -0.25) is 9.48 Å². The molecule has 1 N–H and O–H groups in total. The molecule has 0 aliphatic carbocycles. The lowest BCUT2D eigenvalue weighted by Crippen LogP contribution is -2.38. The van der Waals surface area contributed by atoms with Crippen molar-refractivity contribution in [1.29, 1.82) is 0 Å². The van der Waals surface area contributed by atoms with Gasteiger partial charge in [0.05, 0.1) is 24.3 Å². The number of fused-ring (bicyclic) bond motifs is 2. The van der Waals surface area contributed by atoms with E-state index in [1.807, 2.05) is 24.3 Å². The largest absolute Gasteiger partial charge is 0.347 e. The number of carbonyl (C=O) groups is 1. The summed E-state index contributed by atoms with van der Waals surface area (Å²) < 4.78 is 31.6. The molecule has 1 aromatic carbocycles. The Hall–Kier alpha value is -3.57. The predicted octanol–water partition coefficient (Wildman–Crippen LogP) is 1.61. The van der Waals surface area contributed by atoms with Crippen molar-refractivity contribution in [3.63, 3.8) is 0 Å². The summed E-state index contributed by atoms with van der Waals surface area (Å²) in [4.78, 5) is 21.4. The molecule has 0 unspecified atom stereocenters. The highest BCUT2D eigenvalue weighted by molar-refractivity contribution is 7.89. The molecule has 3 aromatic heterocycles. The SMILES string of the molecule is Cc1c(S(=O)(=O)N2CCn3nccc3C2)cc(C(=O)NCc2cccc3ncncc23)n1C. The van der Waals surface area contributed by atoms with Crippen LogP contribution in [0.5, 0.6) is 0 Å². The van der Waals surface area contributed by atoms with Crippen LogP contribution in [0.3, 0.4) is 0 Å². The molecule has 10 nitrogen and oxygen atoms in total. The van der Waals surface area contributed by atoms with E-state index in [1.54, 1.807) is 35.6 Å². The van der Waals surface area contributed by atoms with E-state index in [4.69, 9.17) is 0 Å². The highest BCUT2D eigenvalue weighted by Crippen LogP contribution is 2.26. The molecule has 1 aliphatic heterocycles. The van der Waals surface area contributed by atoms with E-state index < -0.39 is 10.0 Å². The Morgan fingerprint density at radius 1 is 1.21 bits per heavy atom. The fraction of sp³-hybridized carbons (Fsp3) is 0.273. The Labute approximate surface area is 190 Å². The Balaban J connectivity index is 1.38. The molecule has 0 saturated heterocycles. The lowest BCUT2D eigenvalue weighted by atomic mass is 10.1. The number of amides is 1. The Kier molecular flexibility index (Phi) is 5.22. The van der Waals surface area contributed by atoms with Gasteiger partial charge in [0.25, 0.3) is 5.91 Å². The molecular formula is C22H23N7O3S. The quantitative estimate of drug-likeness (QED) is 0.479. The third kappa shape index (κ3) is 3.68. The molecule has 1 amide bonds. The number of nitrogens with zero attached hydrogens (tertiary/aromatic N) is 6. The van der Waals surface area contributed by atoms with Crippen LogP contribution >= 0.6 is 0 Å². The van der Waals surface area contributed by atoms with Crippen molar-refractivity contribution in [3.05, 3.63) is 71.7 Å². The van der Waals surface area contributed by atoms with Crippen molar-refractivity contribution >= 4 is 26.8 Å². The van der Waals surface area contributed by atoms with Gasteiger partial charge in [-0.25, -0.2) is 18.4 Å². The predicted molar refractivity (Wildman–Crippen MR) is 121 cm³/mol. The van der Waals surface area contributed by atoms with Crippen LogP contribution in [0.4, 0.5) is 0 Å². The van der Waals surface area contributed by atoms with Crippen LogP contribution in [-0.2, 0) is 36.7 Å².